The van der Waals surface area contributed by atoms with Crippen LogP contribution in [0.5, 0.6) is 0 Å². The summed E-state index contributed by atoms with van der Waals surface area (Å²) < 4.78 is 7.87. The number of nitriles is 1. The van der Waals surface area contributed by atoms with Crippen molar-refractivity contribution in [3.8, 4) is 17.3 Å². The van der Waals surface area contributed by atoms with Crippen molar-refractivity contribution < 1.29 is 4.74 Å². The Bertz CT molecular complexity index is 1160. The fourth-order valence-corrected chi connectivity index (χ4v) is 5.05. The molecule has 1 saturated heterocycles. The number of imidazole rings is 1. The molecular weight excluding hydrogens is 424 g/mol. The van der Waals surface area contributed by atoms with Crippen LogP contribution in [-0.4, -0.2) is 45.8 Å². The molecule has 2 aromatic heterocycles. The van der Waals surface area contributed by atoms with Crippen LogP contribution in [0.3, 0.4) is 0 Å². The van der Waals surface area contributed by atoms with Crippen LogP contribution in [0.15, 0.2) is 24.3 Å². The SMILES string of the molecule is C[C@H]1CC[C@H](Cn2c(N3CCOCC3)nc3nc(C#N)nc(-c4cccc(Cl)c4)c32)CC1. The van der Waals surface area contributed by atoms with Gasteiger partial charge in [-0.1, -0.05) is 43.5 Å². The summed E-state index contributed by atoms with van der Waals surface area (Å²) in [5.74, 6) is 2.41. The average Bonchev–Trinajstić information content (AvgIpc) is 3.18. The Morgan fingerprint density at radius 2 is 1.91 bits per heavy atom. The summed E-state index contributed by atoms with van der Waals surface area (Å²) in [7, 11) is 0. The Balaban J connectivity index is 1.68. The Hall–Kier alpha value is -2.69. The molecule has 0 bridgehead atoms. The lowest BCUT2D eigenvalue weighted by Gasteiger charge is -2.31. The van der Waals surface area contributed by atoms with E-state index >= 15 is 0 Å². The number of halogens is 1. The van der Waals surface area contributed by atoms with Crippen LogP contribution in [-0.2, 0) is 11.3 Å². The highest BCUT2D eigenvalue weighted by Gasteiger charge is 2.27. The molecule has 0 amide bonds. The van der Waals surface area contributed by atoms with Crippen LogP contribution in [0.2, 0.25) is 5.02 Å². The van der Waals surface area contributed by atoms with E-state index in [1.54, 1.807) is 0 Å². The predicted molar refractivity (Wildman–Crippen MR) is 125 cm³/mol. The van der Waals surface area contributed by atoms with E-state index in [4.69, 9.17) is 21.3 Å². The van der Waals surface area contributed by atoms with E-state index in [2.05, 4.69) is 32.4 Å². The van der Waals surface area contributed by atoms with E-state index < -0.39 is 0 Å². The summed E-state index contributed by atoms with van der Waals surface area (Å²) in [6.45, 7) is 6.15. The molecule has 3 aromatic rings. The number of nitrogens with zero attached hydrogens (tertiary/aromatic N) is 6. The third kappa shape index (κ3) is 4.17. The number of fused-ring (bicyclic) bond motifs is 1. The normalized spacial score (nSPS) is 21.6. The maximum atomic E-state index is 9.57. The van der Waals surface area contributed by atoms with Gasteiger partial charge in [0.05, 0.1) is 13.2 Å². The van der Waals surface area contributed by atoms with Crippen LogP contribution in [0.1, 0.15) is 38.4 Å². The third-order valence-electron chi connectivity index (χ3n) is 6.65. The molecule has 0 unspecified atom stereocenters. The molecule has 0 spiro atoms. The van der Waals surface area contributed by atoms with Gasteiger partial charge in [0.15, 0.2) is 5.65 Å². The minimum absolute atomic E-state index is 0.122. The highest BCUT2D eigenvalue weighted by molar-refractivity contribution is 6.30. The summed E-state index contributed by atoms with van der Waals surface area (Å²) in [6.07, 6.45) is 4.96. The molecule has 2 fully saturated rings. The Kier molecular flexibility index (Phi) is 5.99. The van der Waals surface area contributed by atoms with E-state index in [-0.39, 0.29) is 5.82 Å². The van der Waals surface area contributed by atoms with E-state index in [0.717, 1.165) is 42.6 Å². The lowest BCUT2D eigenvalue weighted by atomic mass is 9.83. The van der Waals surface area contributed by atoms with Crippen LogP contribution < -0.4 is 4.90 Å². The molecular formula is C24H27ClN6O. The quantitative estimate of drug-likeness (QED) is 0.574. The summed E-state index contributed by atoms with van der Waals surface area (Å²) in [4.78, 5) is 16.3. The number of ether oxygens (including phenoxy) is 1. The zero-order valence-corrected chi connectivity index (χ0v) is 19.1. The van der Waals surface area contributed by atoms with E-state index in [1.807, 2.05) is 24.3 Å². The topological polar surface area (TPSA) is 79.9 Å². The fraction of sp³-hybridized carbons (Fsp3) is 0.500. The first-order valence-electron chi connectivity index (χ1n) is 11.4. The van der Waals surface area contributed by atoms with Gasteiger partial charge < -0.3 is 14.2 Å². The van der Waals surface area contributed by atoms with Crippen molar-refractivity contribution in [2.45, 2.75) is 39.2 Å². The highest BCUT2D eigenvalue weighted by atomic mass is 35.5. The Labute approximate surface area is 193 Å². The first-order valence-corrected chi connectivity index (χ1v) is 11.8. The second kappa shape index (κ2) is 9.05. The zero-order valence-electron chi connectivity index (χ0n) is 18.3. The van der Waals surface area contributed by atoms with Crippen molar-refractivity contribution in [1.29, 1.82) is 5.26 Å². The number of aromatic nitrogens is 4. The van der Waals surface area contributed by atoms with Crippen LogP contribution in [0.4, 0.5) is 5.95 Å². The molecule has 2 aliphatic rings. The first-order chi connectivity index (χ1) is 15.6. The Morgan fingerprint density at radius 1 is 1.12 bits per heavy atom. The van der Waals surface area contributed by atoms with Crippen molar-refractivity contribution >= 4 is 28.7 Å². The zero-order chi connectivity index (χ0) is 22.1. The number of hydrogen-bond donors (Lipinski definition) is 0. The maximum Gasteiger partial charge on any atom is 0.234 e. The lowest BCUT2D eigenvalue weighted by Crippen LogP contribution is -2.38. The number of hydrogen-bond acceptors (Lipinski definition) is 6. The van der Waals surface area contributed by atoms with Gasteiger partial charge in [-0.3, -0.25) is 0 Å². The van der Waals surface area contributed by atoms with Gasteiger partial charge in [-0.2, -0.15) is 15.2 Å². The molecule has 1 aliphatic carbocycles. The molecule has 1 saturated carbocycles. The van der Waals surface area contributed by atoms with E-state index in [0.29, 0.717) is 35.5 Å². The molecule has 8 heteroatoms. The summed E-state index contributed by atoms with van der Waals surface area (Å²) in [6, 6.07) is 9.71. The van der Waals surface area contributed by atoms with Crippen LogP contribution in [0, 0.1) is 23.2 Å². The lowest BCUT2D eigenvalue weighted by molar-refractivity contribution is 0.121. The maximum absolute atomic E-state index is 9.57. The van der Waals surface area contributed by atoms with Gasteiger partial charge in [-0.05, 0) is 36.8 Å². The Morgan fingerprint density at radius 3 is 2.62 bits per heavy atom. The molecule has 5 rings (SSSR count). The molecule has 7 nitrogen and oxygen atoms in total. The second-order valence-electron chi connectivity index (χ2n) is 8.94. The largest absolute Gasteiger partial charge is 0.378 e. The van der Waals surface area contributed by atoms with Gasteiger partial charge in [0, 0.05) is 30.2 Å². The smallest absolute Gasteiger partial charge is 0.234 e. The minimum Gasteiger partial charge on any atom is -0.378 e. The molecule has 3 heterocycles. The number of anilines is 1. The molecule has 32 heavy (non-hydrogen) atoms. The third-order valence-corrected chi connectivity index (χ3v) is 6.89. The van der Waals surface area contributed by atoms with Gasteiger partial charge in [0.25, 0.3) is 0 Å². The standard InChI is InChI=1S/C24H27ClN6O/c1-16-5-7-17(8-6-16)15-31-22-21(18-3-2-4-19(25)13-18)27-20(14-26)28-23(22)29-24(31)30-9-11-32-12-10-30/h2-4,13,16-17H,5-12,15H2,1H3/t16-,17-. The summed E-state index contributed by atoms with van der Waals surface area (Å²) in [5, 5.41) is 10.2. The molecule has 1 aromatic carbocycles. The van der Waals surface area contributed by atoms with Crippen LogP contribution >= 0.6 is 11.6 Å². The average molecular weight is 451 g/mol. The predicted octanol–water partition coefficient (Wildman–Crippen LogP) is 4.68. The van der Waals surface area contributed by atoms with Crippen molar-refractivity contribution in [3.63, 3.8) is 0 Å². The van der Waals surface area contributed by atoms with Gasteiger partial charge in [0.1, 0.15) is 17.3 Å². The minimum atomic E-state index is 0.122. The molecule has 166 valence electrons. The van der Waals surface area contributed by atoms with Gasteiger partial charge >= 0.3 is 0 Å². The van der Waals surface area contributed by atoms with Gasteiger partial charge in [0.2, 0.25) is 11.8 Å². The summed E-state index contributed by atoms with van der Waals surface area (Å²) in [5.41, 5.74) is 3.03. The van der Waals surface area contributed by atoms with Crippen molar-refractivity contribution in [1.82, 2.24) is 19.5 Å². The molecule has 0 radical (unpaired) electrons. The van der Waals surface area contributed by atoms with Gasteiger partial charge in [-0.25, -0.2) is 4.98 Å². The van der Waals surface area contributed by atoms with Gasteiger partial charge in [-0.15, -0.1) is 0 Å². The molecule has 1 aliphatic heterocycles. The number of benzene rings is 1. The summed E-state index contributed by atoms with van der Waals surface area (Å²) >= 11 is 6.30. The number of rotatable bonds is 4. The van der Waals surface area contributed by atoms with Crippen molar-refractivity contribution in [3.05, 3.63) is 35.1 Å². The van der Waals surface area contributed by atoms with Crippen LogP contribution in [0.25, 0.3) is 22.4 Å². The highest BCUT2D eigenvalue weighted by Crippen LogP contribution is 2.35. The fourth-order valence-electron chi connectivity index (χ4n) is 4.86. The van der Waals surface area contributed by atoms with E-state index in [1.165, 1.54) is 25.7 Å². The monoisotopic (exact) mass is 450 g/mol. The molecule has 0 N–H and O–H groups in total. The molecule has 0 atom stereocenters. The van der Waals surface area contributed by atoms with Crippen molar-refractivity contribution in [2.24, 2.45) is 11.8 Å². The van der Waals surface area contributed by atoms with Crippen molar-refractivity contribution in [2.75, 3.05) is 31.2 Å². The first kappa shape index (κ1) is 21.2. The van der Waals surface area contributed by atoms with E-state index in [9.17, 15) is 5.26 Å². The second-order valence-corrected chi connectivity index (χ2v) is 9.37. The number of morpholine rings is 1.